The second-order valence-electron chi connectivity index (χ2n) is 3.63. The molecule has 1 atom stereocenters. The first-order chi connectivity index (χ1) is 5.91. The first-order valence-electron chi connectivity index (χ1n) is 4.24. The summed E-state index contributed by atoms with van der Waals surface area (Å²) >= 11 is 0. The van der Waals surface area contributed by atoms with Crippen LogP contribution in [-0.4, -0.2) is 10.1 Å². The highest BCUT2D eigenvalue weighted by atomic mass is 19.1. The number of hydrogen-bond donors (Lipinski definition) is 1. The molecular formula is C10H14FNO. The lowest BCUT2D eigenvalue weighted by atomic mass is 10.1. The molecule has 1 aromatic rings. The molecule has 0 saturated heterocycles. The van der Waals surface area contributed by atoms with E-state index >= 15 is 0 Å². The normalized spacial score (nSPS) is 14.2. The monoisotopic (exact) mass is 183 g/mol. The second kappa shape index (κ2) is 3.42. The van der Waals surface area contributed by atoms with Crippen LogP contribution in [0.5, 0.6) is 0 Å². The molecule has 1 heterocycles. The molecule has 0 aromatic carbocycles. The van der Waals surface area contributed by atoms with Crippen molar-refractivity contribution in [3.05, 3.63) is 29.6 Å². The van der Waals surface area contributed by atoms with Crippen molar-refractivity contribution in [1.29, 1.82) is 0 Å². The van der Waals surface area contributed by atoms with Gasteiger partial charge in [0, 0.05) is 6.20 Å². The minimum Gasteiger partial charge on any atom is -0.389 e. The second-order valence-corrected chi connectivity index (χ2v) is 3.63. The van der Waals surface area contributed by atoms with Crippen molar-refractivity contribution in [3.63, 3.8) is 0 Å². The molecule has 1 aromatic heterocycles. The number of nitrogens with zero attached hydrogens (tertiary/aromatic N) is 1. The van der Waals surface area contributed by atoms with Crippen LogP contribution >= 0.6 is 0 Å². The smallest absolute Gasteiger partial charge is 0.147 e. The maximum absolute atomic E-state index is 13.3. The van der Waals surface area contributed by atoms with Crippen molar-refractivity contribution in [2.24, 2.45) is 0 Å². The number of rotatable bonds is 2. The van der Waals surface area contributed by atoms with Crippen LogP contribution in [0.4, 0.5) is 4.39 Å². The van der Waals surface area contributed by atoms with E-state index in [-0.39, 0.29) is 0 Å². The zero-order chi connectivity index (χ0) is 10.1. The molecular weight excluding hydrogens is 169 g/mol. The Morgan fingerprint density at radius 1 is 1.46 bits per heavy atom. The number of pyridine rings is 1. The summed E-state index contributed by atoms with van der Waals surface area (Å²) < 4.78 is 13.3. The third-order valence-corrected chi connectivity index (χ3v) is 1.88. The summed E-state index contributed by atoms with van der Waals surface area (Å²) in [5.74, 6) is 0. The van der Waals surface area contributed by atoms with Gasteiger partial charge >= 0.3 is 0 Å². The van der Waals surface area contributed by atoms with Gasteiger partial charge in [-0.05, 0) is 32.4 Å². The van der Waals surface area contributed by atoms with Crippen molar-refractivity contribution in [3.8, 4) is 0 Å². The van der Waals surface area contributed by atoms with Gasteiger partial charge in [0.15, 0.2) is 0 Å². The largest absolute Gasteiger partial charge is 0.389 e. The van der Waals surface area contributed by atoms with Crippen molar-refractivity contribution < 1.29 is 9.50 Å². The van der Waals surface area contributed by atoms with Gasteiger partial charge in [-0.1, -0.05) is 6.07 Å². The van der Waals surface area contributed by atoms with Gasteiger partial charge in [0.05, 0.1) is 11.8 Å². The summed E-state index contributed by atoms with van der Waals surface area (Å²) in [6.07, 6.45) is 0.950. The summed E-state index contributed by atoms with van der Waals surface area (Å²) in [4.78, 5) is 3.94. The third kappa shape index (κ3) is 2.49. The average molecular weight is 183 g/mol. The Morgan fingerprint density at radius 3 is 2.38 bits per heavy atom. The van der Waals surface area contributed by atoms with Gasteiger partial charge in [-0.15, -0.1) is 0 Å². The molecule has 72 valence electrons. The van der Waals surface area contributed by atoms with Crippen LogP contribution < -0.4 is 0 Å². The Hall–Kier alpha value is -0.960. The maximum Gasteiger partial charge on any atom is 0.147 e. The van der Waals surface area contributed by atoms with E-state index in [1.165, 1.54) is 20.0 Å². The summed E-state index contributed by atoms with van der Waals surface area (Å²) in [6, 6.07) is 3.29. The zero-order valence-corrected chi connectivity index (χ0v) is 8.08. The number of aliphatic hydroxyl groups excluding tert-OH is 1. The maximum atomic E-state index is 13.3. The highest BCUT2D eigenvalue weighted by molar-refractivity contribution is 5.19. The molecule has 0 aliphatic carbocycles. The minimum absolute atomic E-state index is 0.386. The van der Waals surface area contributed by atoms with Gasteiger partial charge in [0.1, 0.15) is 5.67 Å². The van der Waals surface area contributed by atoms with Gasteiger partial charge in [0.25, 0.3) is 0 Å². The van der Waals surface area contributed by atoms with Crippen molar-refractivity contribution in [2.45, 2.75) is 32.5 Å². The third-order valence-electron chi connectivity index (χ3n) is 1.88. The predicted molar refractivity (Wildman–Crippen MR) is 49.0 cm³/mol. The molecule has 0 aliphatic rings. The molecule has 3 heteroatoms. The summed E-state index contributed by atoms with van der Waals surface area (Å²) in [5.41, 5.74) is -0.332. The van der Waals surface area contributed by atoms with Crippen LogP contribution in [0.25, 0.3) is 0 Å². The number of alkyl halides is 1. The Morgan fingerprint density at radius 2 is 2.08 bits per heavy atom. The van der Waals surface area contributed by atoms with Crippen molar-refractivity contribution in [2.75, 3.05) is 0 Å². The van der Waals surface area contributed by atoms with Gasteiger partial charge in [-0.25, -0.2) is 4.39 Å². The Kier molecular flexibility index (Phi) is 2.66. The van der Waals surface area contributed by atoms with Crippen LogP contribution in [0, 0.1) is 0 Å². The highest BCUT2D eigenvalue weighted by Crippen LogP contribution is 2.23. The number of aromatic nitrogens is 1. The molecule has 13 heavy (non-hydrogen) atoms. The first-order valence-corrected chi connectivity index (χ1v) is 4.24. The van der Waals surface area contributed by atoms with E-state index in [0.29, 0.717) is 11.3 Å². The van der Waals surface area contributed by atoms with Gasteiger partial charge < -0.3 is 5.11 Å². The molecule has 1 unspecified atom stereocenters. The van der Waals surface area contributed by atoms with E-state index in [4.69, 9.17) is 0 Å². The van der Waals surface area contributed by atoms with Gasteiger partial charge in [0.2, 0.25) is 0 Å². The fraction of sp³-hybridized carbons (Fsp3) is 0.500. The Bertz CT molecular complexity index is 274. The lowest BCUT2D eigenvalue weighted by molar-refractivity contribution is 0.196. The fourth-order valence-electron chi connectivity index (χ4n) is 1.00. The highest BCUT2D eigenvalue weighted by Gasteiger charge is 2.20. The Labute approximate surface area is 77.4 Å². The summed E-state index contributed by atoms with van der Waals surface area (Å²) in [7, 11) is 0. The molecule has 1 N–H and O–H groups in total. The van der Waals surface area contributed by atoms with Crippen LogP contribution in [0.15, 0.2) is 18.3 Å². The average Bonchev–Trinajstić information content (AvgIpc) is 2.03. The van der Waals surface area contributed by atoms with E-state index in [9.17, 15) is 9.50 Å². The molecule has 0 radical (unpaired) electrons. The zero-order valence-electron chi connectivity index (χ0n) is 8.08. The number of aliphatic hydroxyl groups is 1. The van der Waals surface area contributed by atoms with Gasteiger partial charge in [-0.3, -0.25) is 4.98 Å². The van der Waals surface area contributed by atoms with Crippen LogP contribution in [0.1, 0.15) is 38.1 Å². The van der Waals surface area contributed by atoms with Crippen LogP contribution in [0.2, 0.25) is 0 Å². The Balaban J connectivity index is 2.94. The van der Waals surface area contributed by atoms with E-state index in [0.717, 1.165) is 0 Å². The quantitative estimate of drug-likeness (QED) is 0.763. The molecule has 0 saturated carbocycles. The fourth-order valence-corrected chi connectivity index (χ4v) is 1.00. The lowest BCUT2D eigenvalue weighted by Gasteiger charge is -2.13. The molecule has 0 spiro atoms. The molecule has 0 amide bonds. The van der Waals surface area contributed by atoms with E-state index in [1.54, 1.807) is 19.1 Å². The molecule has 0 fully saturated rings. The van der Waals surface area contributed by atoms with Crippen molar-refractivity contribution >= 4 is 0 Å². The number of halogens is 1. The molecule has 1 rings (SSSR count). The summed E-state index contributed by atoms with van der Waals surface area (Å²) in [5, 5.41) is 9.18. The van der Waals surface area contributed by atoms with E-state index in [2.05, 4.69) is 4.98 Å². The molecule has 0 aliphatic heterocycles. The van der Waals surface area contributed by atoms with Crippen LogP contribution in [-0.2, 0) is 5.67 Å². The predicted octanol–water partition coefficient (Wildman–Crippen LogP) is 2.34. The molecule has 2 nitrogen and oxygen atoms in total. The first kappa shape index (κ1) is 10.1. The van der Waals surface area contributed by atoms with Crippen molar-refractivity contribution in [1.82, 2.24) is 4.98 Å². The van der Waals surface area contributed by atoms with Crippen LogP contribution in [0.3, 0.4) is 0 Å². The summed E-state index contributed by atoms with van der Waals surface area (Å²) in [6.45, 7) is 4.56. The minimum atomic E-state index is -1.42. The number of hydrogen-bond acceptors (Lipinski definition) is 2. The SMILES string of the molecule is CC(O)c1ccc(C(C)(C)F)nc1. The topological polar surface area (TPSA) is 33.1 Å². The van der Waals surface area contributed by atoms with Gasteiger partial charge in [-0.2, -0.15) is 0 Å². The van der Waals surface area contributed by atoms with E-state index < -0.39 is 11.8 Å². The standard InChI is InChI=1S/C10H14FNO/c1-7(13)8-4-5-9(12-6-8)10(2,3)11/h4-7,13H,1-3H3. The molecule has 0 bridgehead atoms. The van der Waals surface area contributed by atoms with E-state index in [1.807, 2.05) is 0 Å². The lowest BCUT2D eigenvalue weighted by Crippen LogP contribution is -2.11.